The van der Waals surface area contributed by atoms with Gasteiger partial charge in [-0.3, -0.25) is 9.80 Å². The molecule has 4 aromatic heterocycles. The number of nitrogens with zero attached hydrogens (tertiary/aromatic N) is 6. The average molecular weight is 757 g/mol. The summed E-state index contributed by atoms with van der Waals surface area (Å²) in [6.45, 7) is 6.92. The van der Waals surface area contributed by atoms with Crippen LogP contribution in [0.2, 0.25) is 0 Å². The molecule has 6 aliphatic heterocycles. The number of piperidine rings is 6. The van der Waals surface area contributed by atoms with Crippen molar-refractivity contribution in [1.82, 2.24) is 40.2 Å². The Morgan fingerprint density at radius 3 is 1.34 bits per heavy atom. The third kappa shape index (κ3) is 8.56. The molecule has 2 aromatic carbocycles. The van der Waals surface area contributed by atoms with Gasteiger partial charge in [0.1, 0.15) is 12.2 Å². The fraction of sp³-hybridized carbons (Fsp3) is 0.333. The molecule has 2 unspecified atom stereocenters. The monoisotopic (exact) mass is 756 g/mol. The van der Waals surface area contributed by atoms with Crippen LogP contribution in [0, 0.1) is 11.8 Å². The number of H-pyrrole nitrogens is 2. The van der Waals surface area contributed by atoms with Gasteiger partial charge in [-0.2, -0.15) is 0 Å². The van der Waals surface area contributed by atoms with Crippen molar-refractivity contribution in [2.75, 3.05) is 39.3 Å². The first kappa shape index (κ1) is 36.8. The molecule has 6 aromatic rings. The van der Waals surface area contributed by atoms with Crippen LogP contribution in [0.1, 0.15) is 25.7 Å². The van der Waals surface area contributed by atoms with Crippen molar-refractivity contribution >= 4 is 33.7 Å². The second-order valence-electron chi connectivity index (χ2n) is 14.6. The Labute approximate surface area is 323 Å². The standard InChI is InChI=1S/2C19H20N4O.C4H4O4/c2*1-2-4-16-14(3-1)15(11-20-16)17-5-6-19(22-21-17)24-18-12-23-9-7-13(18)8-10-23;5-3(6)1-2-4(7)8/h2*1-6,11,13,18,20H,7-10,12H2;1-2H,(H,5,6)(H,7,8)/b;;2-1+. The van der Waals surface area contributed by atoms with Gasteiger partial charge in [0.25, 0.3) is 0 Å². The van der Waals surface area contributed by atoms with E-state index in [1.165, 1.54) is 51.9 Å². The number of carboxylic acids is 2. The van der Waals surface area contributed by atoms with Gasteiger partial charge in [0, 0.05) is 82.7 Å². The maximum absolute atomic E-state index is 9.55. The Balaban J connectivity index is 0.000000133. The summed E-state index contributed by atoms with van der Waals surface area (Å²) < 4.78 is 12.3. The number of hydrogen-bond acceptors (Lipinski definition) is 10. The number of hydrogen-bond donors (Lipinski definition) is 4. The number of aromatic nitrogens is 6. The molecule has 12 rings (SSSR count). The van der Waals surface area contributed by atoms with E-state index in [0.29, 0.717) is 35.7 Å². The minimum Gasteiger partial charge on any atom is -0.478 e. The molecule has 2 atom stereocenters. The normalized spacial score (nSPS) is 23.6. The highest BCUT2D eigenvalue weighted by Gasteiger charge is 2.37. The van der Waals surface area contributed by atoms with Gasteiger partial charge < -0.3 is 29.7 Å². The maximum atomic E-state index is 9.55. The van der Waals surface area contributed by atoms with E-state index < -0.39 is 11.9 Å². The number of carbonyl (C=O) groups is 2. The Kier molecular flexibility index (Phi) is 11.0. The number of para-hydroxylation sites is 2. The number of aliphatic carboxylic acids is 2. The minimum absolute atomic E-state index is 0.265. The van der Waals surface area contributed by atoms with Crippen LogP contribution in [0.3, 0.4) is 0 Å². The van der Waals surface area contributed by atoms with Crippen molar-refractivity contribution in [2.45, 2.75) is 37.9 Å². The van der Waals surface area contributed by atoms with Crippen molar-refractivity contribution in [1.29, 1.82) is 0 Å². The quantitative estimate of drug-likeness (QED) is 0.135. The zero-order valence-electron chi connectivity index (χ0n) is 30.8. The fourth-order valence-electron chi connectivity index (χ4n) is 8.16. The summed E-state index contributed by atoms with van der Waals surface area (Å²) in [5, 5.41) is 35.4. The van der Waals surface area contributed by atoms with Crippen molar-refractivity contribution in [3.63, 3.8) is 0 Å². The van der Waals surface area contributed by atoms with Gasteiger partial charge in [0.2, 0.25) is 11.8 Å². The van der Waals surface area contributed by atoms with E-state index in [-0.39, 0.29) is 12.2 Å². The summed E-state index contributed by atoms with van der Waals surface area (Å²) in [4.78, 5) is 30.6. The molecule has 6 aliphatic rings. The molecular weight excluding hydrogens is 713 g/mol. The first-order valence-corrected chi connectivity index (χ1v) is 19.1. The first-order valence-electron chi connectivity index (χ1n) is 19.1. The van der Waals surface area contributed by atoms with Crippen LogP contribution in [0.15, 0.2) is 97.3 Å². The number of rotatable bonds is 8. The Morgan fingerprint density at radius 1 is 0.589 bits per heavy atom. The molecule has 6 saturated heterocycles. The number of aromatic amines is 2. The second-order valence-corrected chi connectivity index (χ2v) is 14.6. The molecule has 14 nitrogen and oxygen atoms in total. The Morgan fingerprint density at radius 2 is 1.00 bits per heavy atom. The highest BCUT2D eigenvalue weighted by atomic mass is 16.5. The number of benzene rings is 2. The lowest BCUT2D eigenvalue weighted by molar-refractivity contribution is -0.134. The lowest BCUT2D eigenvalue weighted by Gasteiger charge is -2.44. The van der Waals surface area contributed by atoms with Crippen LogP contribution in [-0.2, 0) is 9.59 Å². The van der Waals surface area contributed by atoms with Crippen molar-refractivity contribution in [3.8, 4) is 34.3 Å². The highest BCUT2D eigenvalue weighted by molar-refractivity contribution is 5.95. The van der Waals surface area contributed by atoms with E-state index in [4.69, 9.17) is 19.7 Å². The summed E-state index contributed by atoms with van der Waals surface area (Å²) in [5.74, 6) is 0.102. The van der Waals surface area contributed by atoms with Gasteiger partial charge in [0.15, 0.2) is 0 Å². The van der Waals surface area contributed by atoms with Crippen LogP contribution in [0.5, 0.6) is 11.8 Å². The van der Waals surface area contributed by atoms with Gasteiger partial charge in [0.05, 0.1) is 11.4 Å². The number of nitrogens with one attached hydrogen (secondary N) is 2. The molecule has 4 N–H and O–H groups in total. The molecule has 56 heavy (non-hydrogen) atoms. The molecular formula is C42H44N8O6. The summed E-state index contributed by atoms with van der Waals surface area (Å²) in [5.41, 5.74) is 6.12. The average Bonchev–Trinajstić information content (AvgIpc) is 3.87. The van der Waals surface area contributed by atoms with Crippen molar-refractivity contribution in [2.24, 2.45) is 11.8 Å². The highest BCUT2D eigenvalue weighted by Crippen LogP contribution is 2.33. The predicted octanol–water partition coefficient (Wildman–Crippen LogP) is 5.91. The molecule has 0 aliphatic carbocycles. The molecule has 288 valence electrons. The van der Waals surface area contributed by atoms with Gasteiger partial charge in [-0.1, -0.05) is 36.4 Å². The lowest BCUT2D eigenvalue weighted by Crippen LogP contribution is -2.52. The van der Waals surface area contributed by atoms with E-state index in [2.05, 4.69) is 64.4 Å². The number of ether oxygens (including phenoxy) is 2. The Hall–Kier alpha value is -6.12. The molecule has 0 radical (unpaired) electrons. The first-order chi connectivity index (χ1) is 27.4. The number of fused-ring (bicyclic) bond motifs is 8. The van der Waals surface area contributed by atoms with Crippen LogP contribution < -0.4 is 9.47 Å². The molecule has 4 bridgehead atoms. The third-order valence-electron chi connectivity index (χ3n) is 11.1. The van der Waals surface area contributed by atoms with Crippen molar-refractivity contribution in [3.05, 3.63) is 97.3 Å². The fourth-order valence-corrected chi connectivity index (χ4v) is 8.16. The SMILES string of the molecule is O=C(O)/C=C/C(=O)O.c1ccc2c(-c3ccc(OC4CN5CCC4CC5)nn3)c[nH]c2c1.c1ccc2c(-c3ccc(OC4CN5CCC4CC5)nn3)c[nH]c2c1. The second kappa shape index (κ2) is 16.7. The summed E-state index contributed by atoms with van der Waals surface area (Å²) in [7, 11) is 0. The minimum atomic E-state index is -1.26. The van der Waals surface area contributed by atoms with E-state index in [9.17, 15) is 9.59 Å². The van der Waals surface area contributed by atoms with Gasteiger partial charge in [-0.05, 0) is 88.0 Å². The van der Waals surface area contributed by atoms with Gasteiger partial charge >= 0.3 is 11.9 Å². The predicted molar refractivity (Wildman–Crippen MR) is 210 cm³/mol. The topological polar surface area (TPSA) is 183 Å². The zero-order valence-corrected chi connectivity index (χ0v) is 30.8. The van der Waals surface area contributed by atoms with Crippen LogP contribution in [0.4, 0.5) is 0 Å². The summed E-state index contributed by atoms with van der Waals surface area (Å²) in [6.07, 6.45) is 10.6. The van der Waals surface area contributed by atoms with Gasteiger partial charge in [-0.25, -0.2) is 9.59 Å². The molecule has 0 spiro atoms. The Bertz CT molecular complexity index is 2130. The maximum Gasteiger partial charge on any atom is 0.328 e. The van der Waals surface area contributed by atoms with Crippen LogP contribution in [-0.4, -0.2) is 114 Å². The molecule has 10 heterocycles. The summed E-state index contributed by atoms with van der Waals surface area (Å²) in [6, 6.07) is 24.4. The smallest absolute Gasteiger partial charge is 0.328 e. The van der Waals surface area contributed by atoms with E-state index in [1.54, 1.807) is 0 Å². The largest absolute Gasteiger partial charge is 0.478 e. The lowest BCUT2D eigenvalue weighted by atomic mass is 9.86. The van der Waals surface area contributed by atoms with Crippen LogP contribution in [0.25, 0.3) is 44.3 Å². The zero-order chi connectivity index (χ0) is 38.4. The van der Waals surface area contributed by atoms with E-state index in [0.717, 1.165) is 57.4 Å². The number of carboxylic acid groups (broad SMARTS) is 2. The molecule has 0 saturated carbocycles. The summed E-state index contributed by atoms with van der Waals surface area (Å²) >= 11 is 0. The van der Waals surface area contributed by atoms with E-state index >= 15 is 0 Å². The molecule has 6 fully saturated rings. The van der Waals surface area contributed by atoms with Gasteiger partial charge in [-0.15, -0.1) is 20.4 Å². The van der Waals surface area contributed by atoms with Crippen molar-refractivity contribution < 1.29 is 29.3 Å². The van der Waals surface area contributed by atoms with Crippen LogP contribution >= 0.6 is 0 Å². The van der Waals surface area contributed by atoms with E-state index in [1.807, 2.05) is 60.9 Å². The molecule has 14 heteroatoms. The third-order valence-corrected chi connectivity index (χ3v) is 11.1. The molecule has 0 amide bonds.